The second kappa shape index (κ2) is 8.73. The Hall–Kier alpha value is -1.39. The van der Waals surface area contributed by atoms with Crippen LogP contribution in [0.3, 0.4) is 0 Å². The summed E-state index contributed by atoms with van der Waals surface area (Å²) in [6.07, 6.45) is 1.41. The highest BCUT2D eigenvalue weighted by Gasteiger charge is 2.01. The first-order valence-electron chi connectivity index (χ1n) is 5.99. The van der Waals surface area contributed by atoms with E-state index in [9.17, 15) is 4.79 Å². The minimum absolute atomic E-state index is 0.0878. The molecule has 0 spiro atoms. The SMILES string of the molecule is CNCNCCCNC(=O)Cc1ccccc1. The van der Waals surface area contributed by atoms with E-state index in [0.717, 1.165) is 31.7 Å². The minimum atomic E-state index is 0.0878. The molecule has 0 saturated carbocycles. The van der Waals surface area contributed by atoms with Gasteiger partial charge in [0.05, 0.1) is 6.42 Å². The van der Waals surface area contributed by atoms with Gasteiger partial charge in [0.25, 0.3) is 0 Å². The van der Waals surface area contributed by atoms with Crippen LogP contribution >= 0.6 is 0 Å². The molecule has 3 N–H and O–H groups in total. The summed E-state index contributed by atoms with van der Waals surface area (Å²) in [7, 11) is 1.90. The second-order valence-electron chi connectivity index (χ2n) is 3.90. The third-order valence-corrected chi connectivity index (χ3v) is 2.36. The summed E-state index contributed by atoms with van der Waals surface area (Å²) in [6, 6.07) is 9.78. The van der Waals surface area contributed by atoms with Crippen molar-refractivity contribution in [2.45, 2.75) is 12.8 Å². The molecule has 0 aliphatic rings. The Morgan fingerprint density at radius 2 is 1.94 bits per heavy atom. The smallest absolute Gasteiger partial charge is 0.224 e. The van der Waals surface area contributed by atoms with Gasteiger partial charge in [-0.2, -0.15) is 0 Å². The third-order valence-electron chi connectivity index (χ3n) is 2.36. The van der Waals surface area contributed by atoms with E-state index < -0.39 is 0 Å². The van der Waals surface area contributed by atoms with Gasteiger partial charge in [-0.3, -0.25) is 4.79 Å². The van der Waals surface area contributed by atoms with Crippen molar-refractivity contribution in [3.63, 3.8) is 0 Å². The molecule has 94 valence electrons. The Morgan fingerprint density at radius 3 is 2.65 bits per heavy atom. The van der Waals surface area contributed by atoms with E-state index in [1.54, 1.807) is 0 Å². The Labute approximate surface area is 103 Å². The van der Waals surface area contributed by atoms with Crippen LogP contribution < -0.4 is 16.0 Å². The van der Waals surface area contributed by atoms with Gasteiger partial charge in [0.15, 0.2) is 0 Å². The van der Waals surface area contributed by atoms with E-state index in [-0.39, 0.29) is 5.91 Å². The number of hydrogen-bond acceptors (Lipinski definition) is 3. The molecule has 1 amide bonds. The van der Waals surface area contributed by atoms with E-state index in [1.807, 2.05) is 37.4 Å². The molecule has 0 aliphatic heterocycles. The monoisotopic (exact) mass is 235 g/mol. The standard InChI is InChI=1S/C13H21N3O/c1-14-11-15-8-5-9-16-13(17)10-12-6-3-2-4-7-12/h2-4,6-7,14-15H,5,8-11H2,1H3,(H,16,17). The Balaban J connectivity index is 2.06. The molecule has 4 heteroatoms. The van der Waals surface area contributed by atoms with Crippen molar-refractivity contribution in [3.05, 3.63) is 35.9 Å². The van der Waals surface area contributed by atoms with Crippen LogP contribution in [0.5, 0.6) is 0 Å². The van der Waals surface area contributed by atoms with Crippen LogP contribution in [0.1, 0.15) is 12.0 Å². The molecule has 4 nitrogen and oxygen atoms in total. The molecule has 0 aromatic heterocycles. The zero-order chi connectivity index (χ0) is 12.3. The Morgan fingerprint density at radius 1 is 1.18 bits per heavy atom. The van der Waals surface area contributed by atoms with Gasteiger partial charge in [0.1, 0.15) is 0 Å². The van der Waals surface area contributed by atoms with Gasteiger partial charge < -0.3 is 16.0 Å². The fraction of sp³-hybridized carbons (Fsp3) is 0.462. The summed E-state index contributed by atoms with van der Waals surface area (Å²) >= 11 is 0. The van der Waals surface area contributed by atoms with Gasteiger partial charge in [-0.15, -0.1) is 0 Å². The number of nitrogens with one attached hydrogen (secondary N) is 3. The van der Waals surface area contributed by atoms with E-state index in [1.165, 1.54) is 0 Å². The van der Waals surface area contributed by atoms with E-state index in [2.05, 4.69) is 16.0 Å². The fourth-order valence-electron chi connectivity index (χ4n) is 1.50. The molecule has 0 fully saturated rings. The molecule has 0 radical (unpaired) electrons. The van der Waals surface area contributed by atoms with Crippen LogP contribution in [0.15, 0.2) is 30.3 Å². The van der Waals surface area contributed by atoms with Crippen molar-refractivity contribution < 1.29 is 4.79 Å². The van der Waals surface area contributed by atoms with E-state index in [0.29, 0.717) is 6.42 Å². The fourth-order valence-corrected chi connectivity index (χ4v) is 1.50. The molecule has 17 heavy (non-hydrogen) atoms. The summed E-state index contributed by atoms with van der Waals surface area (Å²) in [5, 5.41) is 9.11. The van der Waals surface area contributed by atoms with Crippen LogP contribution in [-0.2, 0) is 11.2 Å². The lowest BCUT2D eigenvalue weighted by Crippen LogP contribution is -2.31. The second-order valence-corrected chi connectivity index (χ2v) is 3.90. The number of amides is 1. The predicted octanol–water partition coefficient (Wildman–Crippen LogP) is 0.502. The number of carbonyl (C=O) groups is 1. The summed E-state index contributed by atoms with van der Waals surface area (Å²) in [5.74, 6) is 0.0878. The molecule has 1 rings (SSSR count). The van der Waals surface area contributed by atoms with Crippen molar-refractivity contribution in [2.75, 3.05) is 26.8 Å². The molecular formula is C13H21N3O. The number of rotatable bonds is 8. The maximum absolute atomic E-state index is 11.6. The van der Waals surface area contributed by atoms with Gasteiger partial charge in [-0.25, -0.2) is 0 Å². The predicted molar refractivity (Wildman–Crippen MR) is 69.7 cm³/mol. The molecule has 0 atom stereocenters. The van der Waals surface area contributed by atoms with E-state index in [4.69, 9.17) is 0 Å². The summed E-state index contributed by atoms with van der Waals surface area (Å²) in [6.45, 7) is 2.44. The van der Waals surface area contributed by atoms with Gasteiger partial charge in [0, 0.05) is 13.2 Å². The van der Waals surface area contributed by atoms with Crippen LogP contribution in [0.2, 0.25) is 0 Å². The highest BCUT2D eigenvalue weighted by Crippen LogP contribution is 1.98. The van der Waals surface area contributed by atoms with Crippen LogP contribution in [-0.4, -0.2) is 32.7 Å². The molecule has 0 saturated heterocycles. The van der Waals surface area contributed by atoms with E-state index >= 15 is 0 Å². The Bertz CT molecular complexity index is 314. The van der Waals surface area contributed by atoms with Crippen LogP contribution in [0.25, 0.3) is 0 Å². The first-order valence-corrected chi connectivity index (χ1v) is 5.99. The van der Waals surface area contributed by atoms with Crippen molar-refractivity contribution in [2.24, 2.45) is 0 Å². The third kappa shape index (κ3) is 6.71. The summed E-state index contributed by atoms with van der Waals surface area (Å²) in [4.78, 5) is 11.6. The maximum atomic E-state index is 11.6. The van der Waals surface area contributed by atoms with Gasteiger partial charge in [0.2, 0.25) is 5.91 Å². The number of hydrogen-bond donors (Lipinski definition) is 3. The van der Waals surface area contributed by atoms with Crippen molar-refractivity contribution in [1.82, 2.24) is 16.0 Å². The van der Waals surface area contributed by atoms with Gasteiger partial charge in [-0.1, -0.05) is 30.3 Å². The zero-order valence-corrected chi connectivity index (χ0v) is 10.3. The summed E-state index contributed by atoms with van der Waals surface area (Å²) < 4.78 is 0. The normalized spacial score (nSPS) is 10.2. The first kappa shape index (κ1) is 13.7. The highest BCUT2D eigenvalue weighted by atomic mass is 16.1. The highest BCUT2D eigenvalue weighted by molar-refractivity contribution is 5.78. The number of benzene rings is 1. The summed E-state index contributed by atoms with van der Waals surface area (Å²) in [5.41, 5.74) is 1.05. The molecule has 1 aromatic rings. The maximum Gasteiger partial charge on any atom is 0.224 e. The first-order chi connectivity index (χ1) is 8.33. The van der Waals surface area contributed by atoms with Crippen LogP contribution in [0.4, 0.5) is 0 Å². The largest absolute Gasteiger partial charge is 0.356 e. The quantitative estimate of drug-likeness (QED) is 0.454. The van der Waals surface area contributed by atoms with Crippen molar-refractivity contribution >= 4 is 5.91 Å². The average molecular weight is 235 g/mol. The molecule has 0 heterocycles. The number of carbonyl (C=O) groups excluding carboxylic acids is 1. The van der Waals surface area contributed by atoms with Crippen molar-refractivity contribution in [3.8, 4) is 0 Å². The minimum Gasteiger partial charge on any atom is -0.356 e. The van der Waals surface area contributed by atoms with Crippen molar-refractivity contribution in [1.29, 1.82) is 0 Å². The van der Waals surface area contributed by atoms with Gasteiger partial charge in [-0.05, 0) is 25.6 Å². The zero-order valence-electron chi connectivity index (χ0n) is 10.3. The molecule has 0 bridgehead atoms. The molecule has 0 unspecified atom stereocenters. The molecule has 0 aliphatic carbocycles. The lowest BCUT2D eigenvalue weighted by atomic mass is 10.1. The topological polar surface area (TPSA) is 53.2 Å². The molecule has 1 aromatic carbocycles. The lowest BCUT2D eigenvalue weighted by Gasteiger charge is -2.06. The van der Waals surface area contributed by atoms with Crippen LogP contribution in [0, 0.1) is 0 Å². The molecular weight excluding hydrogens is 214 g/mol. The van der Waals surface area contributed by atoms with Gasteiger partial charge >= 0.3 is 0 Å². The lowest BCUT2D eigenvalue weighted by molar-refractivity contribution is -0.120. The Kier molecular flexibility index (Phi) is 7.02. The average Bonchev–Trinajstić information content (AvgIpc) is 2.35.